The first-order chi connectivity index (χ1) is 11.8. The second kappa shape index (κ2) is 6.45. The monoisotopic (exact) mass is 356 g/mol. The van der Waals surface area contributed by atoms with Gasteiger partial charge in [0.2, 0.25) is 5.91 Å². The minimum Gasteiger partial charge on any atom is -0.495 e. The number of ether oxygens (including phenoxy) is 1. The minimum atomic E-state index is -0.712. The van der Waals surface area contributed by atoms with E-state index in [0.29, 0.717) is 16.5 Å². The first-order valence-electron chi connectivity index (χ1n) is 8.07. The van der Waals surface area contributed by atoms with Gasteiger partial charge in [-0.05, 0) is 50.6 Å². The van der Waals surface area contributed by atoms with Crippen molar-refractivity contribution in [2.45, 2.75) is 26.2 Å². The average Bonchev–Trinajstić information content (AvgIpc) is 2.91. The van der Waals surface area contributed by atoms with Gasteiger partial charge in [0.25, 0.3) is 0 Å². The highest BCUT2D eigenvalue weighted by atomic mass is 35.5. The number of fused-ring (bicyclic) bond motifs is 1. The van der Waals surface area contributed by atoms with Gasteiger partial charge < -0.3 is 15.0 Å². The number of methoxy groups -OCH3 is 1. The molecule has 0 atom stereocenters. The van der Waals surface area contributed by atoms with E-state index in [2.05, 4.69) is 10.3 Å². The number of amides is 1. The topological polar surface area (TPSA) is 54.1 Å². The molecule has 0 unspecified atom stereocenters. The van der Waals surface area contributed by atoms with Gasteiger partial charge in [0.15, 0.2) is 0 Å². The molecular formula is C20H21ClN2O2. The highest BCUT2D eigenvalue weighted by Gasteiger charge is 2.34. The molecule has 5 heteroatoms. The second-order valence-corrected chi connectivity index (χ2v) is 7.01. The van der Waals surface area contributed by atoms with Crippen molar-refractivity contribution in [3.63, 3.8) is 0 Å². The minimum absolute atomic E-state index is 0.0958. The lowest BCUT2D eigenvalue weighted by Crippen LogP contribution is -2.35. The van der Waals surface area contributed by atoms with E-state index in [-0.39, 0.29) is 5.91 Å². The van der Waals surface area contributed by atoms with Crippen LogP contribution in [0.3, 0.4) is 0 Å². The second-order valence-electron chi connectivity index (χ2n) is 6.60. The molecule has 2 N–H and O–H groups in total. The molecule has 0 fully saturated rings. The Hall–Kier alpha value is -2.46. The van der Waals surface area contributed by atoms with Crippen LogP contribution in [0.4, 0.5) is 5.69 Å². The van der Waals surface area contributed by atoms with Gasteiger partial charge in [0.05, 0.1) is 17.5 Å². The molecule has 3 rings (SSSR count). The largest absolute Gasteiger partial charge is 0.495 e. The summed E-state index contributed by atoms with van der Waals surface area (Å²) in [5, 5.41) is 4.48. The molecule has 0 spiro atoms. The van der Waals surface area contributed by atoms with Crippen LogP contribution in [0.25, 0.3) is 10.9 Å². The van der Waals surface area contributed by atoms with Crippen LogP contribution in [0.1, 0.15) is 25.1 Å². The van der Waals surface area contributed by atoms with Crippen LogP contribution in [0.5, 0.6) is 5.75 Å². The fraction of sp³-hybridized carbons (Fsp3) is 0.250. The number of anilines is 1. The van der Waals surface area contributed by atoms with Gasteiger partial charge >= 0.3 is 0 Å². The third kappa shape index (κ3) is 3.10. The molecular weight excluding hydrogens is 336 g/mol. The number of aromatic nitrogens is 1. The van der Waals surface area contributed by atoms with Crippen molar-refractivity contribution < 1.29 is 9.53 Å². The van der Waals surface area contributed by atoms with Crippen LogP contribution in [-0.2, 0) is 10.2 Å². The van der Waals surface area contributed by atoms with E-state index in [9.17, 15) is 4.79 Å². The number of hydrogen-bond acceptors (Lipinski definition) is 2. The summed E-state index contributed by atoms with van der Waals surface area (Å²) in [6, 6.07) is 13.2. The van der Waals surface area contributed by atoms with Gasteiger partial charge in [-0.15, -0.1) is 0 Å². The van der Waals surface area contributed by atoms with Crippen molar-refractivity contribution in [3.8, 4) is 5.75 Å². The normalized spacial score (nSPS) is 11.6. The highest BCUT2D eigenvalue weighted by Crippen LogP contribution is 2.35. The van der Waals surface area contributed by atoms with E-state index < -0.39 is 5.41 Å². The van der Waals surface area contributed by atoms with Gasteiger partial charge in [-0.25, -0.2) is 0 Å². The Bertz CT molecular complexity index is 944. The van der Waals surface area contributed by atoms with Crippen LogP contribution in [0.15, 0.2) is 42.5 Å². The summed E-state index contributed by atoms with van der Waals surface area (Å²) >= 11 is 6.15. The summed E-state index contributed by atoms with van der Waals surface area (Å²) in [6.07, 6.45) is 0. The molecule has 0 aliphatic carbocycles. The molecule has 0 radical (unpaired) electrons. The first-order valence-corrected chi connectivity index (χ1v) is 8.45. The molecule has 4 nitrogen and oxygen atoms in total. The van der Waals surface area contributed by atoms with Crippen molar-refractivity contribution in [2.75, 3.05) is 12.4 Å². The fourth-order valence-corrected chi connectivity index (χ4v) is 3.48. The predicted octanol–water partition coefficient (Wildman–Crippen LogP) is 5.05. The molecule has 1 heterocycles. The Labute approximate surface area is 152 Å². The molecule has 130 valence electrons. The number of rotatable bonds is 4. The van der Waals surface area contributed by atoms with Crippen molar-refractivity contribution in [3.05, 3.63) is 58.7 Å². The lowest BCUT2D eigenvalue weighted by Gasteiger charge is -2.25. The lowest BCUT2D eigenvalue weighted by atomic mass is 9.81. The van der Waals surface area contributed by atoms with Crippen molar-refractivity contribution in [1.29, 1.82) is 0 Å². The summed E-state index contributed by atoms with van der Waals surface area (Å²) < 4.78 is 5.15. The number of aromatic amines is 1. The number of para-hydroxylation sites is 1. The standard InChI is InChI=1S/C20H21ClN2O2/c1-12-18(14-7-5-6-8-16(14)22-12)20(2,3)19(24)23-13-9-10-17(25-4)15(21)11-13/h5-11,22H,1-4H3,(H,23,24). The summed E-state index contributed by atoms with van der Waals surface area (Å²) in [4.78, 5) is 16.4. The van der Waals surface area contributed by atoms with Crippen LogP contribution in [-0.4, -0.2) is 18.0 Å². The number of nitrogens with one attached hydrogen (secondary N) is 2. The Kier molecular flexibility index (Phi) is 4.48. The molecule has 2 aromatic carbocycles. The predicted molar refractivity (Wildman–Crippen MR) is 103 cm³/mol. The first kappa shape index (κ1) is 17.4. The van der Waals surface area contributed by atoms with E-state index in [1.165, 1.54) is 0 Å². The Morgan fingerprint density at radius 3 is 2.60 bits per heavy atom. The van der Waals surface area contributed by atoms with Crippen LogP contribution in [0, 0.1) is 6.92 Å². The van der Waals surface area contributed by atoms with Crippen molar-refractivity contribution in [1.82, 2.24) is 4.98 Å². The smallest absolute Gasteiger partial charge is 0.234 e. The summed E-state index contributed by atoms with van der Waals surface area (Å²) in [7, 11) is 1.56. The van der Waals surface area contributed by atoms with Gasteiger partial charge in [0, 0.05) is 22.3 Å². The lowest BCUT2D eigenvalue weighted by molar-refractivity contribution is -0.120. The maximum Gasteiger partial charge on any atom is 0.234 e. The zero-order valence-corrected chi connectivity index (χ0v) is 15.5. The third-order valence-corrected chi connectivity index (χ3v) is 4.79. The molecule has 3 aromatic rings. The van der Waals surface area contributed by atoms with E-state index >= 15 is 0 Å². The van der Waals surface area contributed by atoms with E-state index in [4.69, 9.17) is 16.3 Å². The van der Waals surface area contributed by atoms with Crippen molar-refractivity contribution in [2.24, 2.45) is 0 Å². The number of aryl methyl sites for hydroxylation is 1. The maximum atomic E-state index is 13.0. The fourth-order valence-electron chi connectivity index (χ4n) is 3.23. The quantitative estimate of drug-likeness (QED) is 0.686. The van der Waals surface area contributed by atoms with Crippen LogP contribution < -0.4 is 10.1 Å². The number of H-pyrrole nitrogens is 1. The van der Waals surface area contributed by atoms with Gasteiger partial charge in [-0.2, -0.15) is 0 Å². The zero-order chi connectivity index (χ0) is 18.2. The molecule has 0 bridgehead atoms. The summed E-state index contributed by atoms with van der Waals surface area (Å²) in [6.45, 7) is 5.85. The molecule has 1 amide bonds. The van der Waals surface area contributed by atoms with Gasteiger partial charge in [0.1, 0.15) is 5.75 Å². The van der Waals surface area contributed by atoms with E-state index in [0.717, 1.165) is 22.2 Å². The highest BCUT2D eigenvalue weighted by molar-refractivity contribution is 6.32. The SMILES string of the molecule is COc1ccc(NC(=O)C(C)(C)c2c(C)[nH]c3ccccc23)cc1Cl. The van der Waals surface area contributed by atoms with Crippen LogP contribution in [0.2, 0.25) is 5.02 Å². The third-order valence-electron chi connectivity index (χ3n) is 4.50. The van der Waals surface area contributed by atoms with Crippen LogP contribution >= 0.6 is 11.6 Å². The molecule has 0 saturated carbocycles. The van der Waals surface area contributed by atoms with E-state index in [1.54, 1.807) is 25.3 Å². The molecule has 25 heavy (non-hydrogen) atoms. The molecule has 0 aliphatic heterocycles. The zero-order valence-electron chi connectivity index (χ0n) is 14.7. The number of benzene rings is 2. The Morgan fingerprint density at radius 2 is 1.92 bits per heavy atom. The number of halogens is 1. The molecule has 0 saturated heterocycles. The number of carbonyl (C=O) groups is 1. The molecule has 0 aliphatic rings. The van der Waals surface area contributed by atoms with Gasteiger partial charge in [-0.1, -0.05) is 29.8 Å². The number of hydrogen-bond donors (Lipinski definition) is 2. The number of carbonyl (C=O) groups excluding carboxylic acids is 1. The van der Waals surface area contributed by atoms with E-state index in [1.807, 2.05) is 45.0 Å². The summed E-state index contributed by atoms with van der Waals surface area (Å²) in [5.74, 6) is 0.480. The van der Waals surface area contributed by atoms with Gasteiger partial charge in [-0.3, -0.25) is 4.79 Å². The Balaban J connectivity index is 1.95. The summed E-state index contributed by atoms with van der Waals surface area (Å²) in [5.41, 5.74) is 2.95. The molecule has 1 aromatic heterocycles. The Morgan fingerprint density at radius 1 is 1.20 bits per heavy atom. The maximum absolute atomic E-state index is 13.0. The average molecular weight is 357 g/mol. The van der Waals surface area contributed by atoms with Crippen molar-refractivity contribution >= 4 is 34.1 Å².